The van der Waals surface area contributed by atoms with Crippen molar-refractivity contribution < 1.29 is 0 Å². The van der Waals surface area contributed by atoms with Gasteiger partial charge in [0.05, 0.1) is 0 Å². The minimum atomic E-state index is 0.240. The molecule has 2 nitrogen and oxygen atoms in total. The number of nitrogens with zero attached hydrogens (tertiary/aromatic N) is 1. The number of nitrogens with one attached hydrogen (secondary N) is 1. The number of anilines is 1. The molecule has 2 heteroatoms. The Labute approximate surface area is 118 Å². The van der Waals surface area contributed by atoms with E-state index in [0.717, 1.165) is 0 Å². The fourth-order valence-corrected chi connectivity index (χ4v) is 2.69. The van der Waals surface area contributed by atoms with Crippen LogP contribution in [0.2, 0.25) is 0 Å². The molecule has 1 heterocycles. The summed E-state index contributed by atoms with van der Waals surface area (Å²) >= 11 is 0. The quantitative estimate of drug-likeness (QED) is 0.868. The van der Waals surface area contributed by atoms with Crippen LogP contribution < -0.4 is 5.32 Å². The molecule has 1 unspecified atom stereocenters. The van der Waals surface area contributed by atoms with E-state index in [1.54, 1.807) is 0 Å². The Hall–Kier alpha value is -1.02. The largest absolute Gasteiger partial charge is 0.382 e. The van der Waals surface area contributed by atoms with Crippen molar-refractivity contribution in [3.05, 3.63) is 29.8 Å². The first-order valence-corrected chi connectivity index (χ1v) is 7.51. The van der Waals surface area contributed by atoms with Crippen molar-refractivity contribution >= 4 is 5.69 Å². The lowest BCUT2D eigenvalue weighted by atomic mass is 9.87. The molecule has 1 N–H and O–H groups in total. The molecular formula is C17H28N2. The number of likely N-dealkylation sites (tertiary alicyclic amines) is 1. The Kier molecular flexibility index (Phi) is 4.51. The maximum atomic E-state index is 3.69. The van der Waals surface area contributed by atoms with E-state index in [9.17, 15) is 0 Å². The van der Waals surface area contributed by atoms with E-state index in [4.69, 9.17) is 0 Å². The molecule has 1 aromatic carbocycles. The summed E-state index contributed by atoms with van der Waals surface area (Å²) in [6, 6.07) is 9.60. The molecule has 0 aliphatic carbocycles. The molecule has 0 amide bonds. The van der Waals surface area contributed by atoms with Gasteiger partial charge in [-0.15, -0.1) is 0 Å². The van der Waals surface area contributed by atoms with Gasteiger partial charge in [-0.2, -0.15) is 0 Å². The van der Waals surface area contributed by atoms with E-state index in [1.165, 1.54) is 43.6 Å². The fraction of sp³-hybridized carbons (Fsp3) is 0.647. The van der Waals surface area contributed by atoms with Gasteiger partial charge in [0.1, 0.15) is 0 Å². The monoisotopic (exact) mass is 260 g/mol. The summed E-state index contributed by atoms with van der Waals surface area (Å²) in [4.78, 5) is 2.43. The van der Waals surface area contributed by atoms with Crippen LogP contribution in [0.3, 0.4) is 0 Å². The Morgan fingerprint density at radius 2 is 1.74 bits per heavy atom. The van der Waals surface area contributed by atoms with Crippen LogP contribution in [0, 0.1) is 0 Å². The minimum absolute atomic E-state index is 0.240. The zero-order valence-corrected chi connectivity index (χ0v) is 12.9. The molecule has 106 valence electrons. The first-order valence-electron chi connectivity index (χ1n) is 7.51. The molecule has 1 aliphatic rings. The summed E-state index contributed by atoms with van der Waals surface area (Å²) in [5.74, 6) is 0. The third kappa shape index (κ3) is 4.24. The average molecular weight is 260 g/mol. The first kappa shape index (κ1) is 14.4. The van der Waals surface area contributed by atoms with Gasteiger partial charge in [-0.3, -0.25) is 0 Å². The predicted octanol–water partition coefficient (Wildman–Crippen LogP) is 3.88. The van der Waals surface area contributed by atoms with Crippen LogP contribution in [0.25, 0.3) is 0 Å². The topological polar surface area (TPSA) is 15.3 Å². The zero-order valence-electron chi connectivity index (χ0n) is 12.9. The third-order valence-electron chi connectivity index (χ3n) is 4.07. The van der Waals surface area contributed by atoms with Crippen molar-refractivity contribution in [2.24, 2.45) is 0 Å². The second kappa shape index (κ2) is 5.96. The Bertz CT molecular complexity index is 389. The maximum absolute atomic E-state index is 3.69. The van der Waals surface area contributed by atoms with Gasteiger partial charge in [0.2, 0.25) is 0 Å². The second-order valence-electron chi connectivity index (χ2n) is 6.90. The van der Waals surface area contributed by atoms with E-state index in [0.29, 0.717) is 6.04 Å². The van der Waals surface area contributed by atoms with Crippen LogP contribution in [0.15, 0.2) is 24.3 Å². The van der Waals surface area contributed by atoms with Crippen LogP contribution >= 0.6 is 0 Å². The van der Waals surface area contributed by atoms with Crippen molar-refractivity contribution in [1.29, 1.82) is 0 Å². The second-order valence-corrected chi connectivity index (χ2v) is 6.90. The highest BCUT2D eigenvalue weighted by Crippen LogP contribution is 2.24. The Morgan fingerprint density at radius 1 is 1.05 bits per heavy atom. The summed E-state index contributed by atoms with van der Waals surface area (Å²) in [7, 11) is 2.22. The molecule has 1 fully saturated rings. The smallest absolute Gasteiger partial charge is 0.0342 e. The van der Waals surface area contributed by atoms with Gasteiger partial charge in [0.15, 0.2) is 0 Å². The van der Waals surface area contributed by atoms with Gasteiger partial charge in [-0.1, -0.05) is 32.9 Å². The van der Waals surface area contributed by atoms with E-state index < -0.39 is 0 Å². The Morgan fingerprint density at radius 3 is 2.37 bits per heavy atom. The van der Waals surface area contributed by atoms with E-state index >= 15 is 0 Å². The molecule has 0 aromatic heterocycles. The van der Waals surface area contributed by atoms with Crippen LogP contribution in [-0.2, 0) is 5.41 Å². The van der Waals surface area contributed by atoms with Crippen molar-refractivity contribution in [2.75, 3.05) is 25.5 Å². The Balaban J connectivity index is 1.96. The summed E-state index contributed by atoms with van der Waals surface area (Å²) in [5.41, 5.74) is 2.91. The molecule has 19 heavy (non-hydrogen) atoms. The van der Waals surface area contributed by atoms with Gasteiger partial charge in [0, 0.05) is 11.7 Å². The number of hydrogen-bond donors (Lipinski definition) is 1. The molecule has 1 aromatic rings. The van der Waals surface area contributed by atoms with Crippen molar-refractivity contribution in [3.63, 3.8) is 0 Å². The molecule has 0 spiro atoms. The van der Waals surface area contributed by atoms with Crippen LogP contribution in [-0.4, -0.2) is 31.1 Å². The fourth-order valence-electron chi connectivity index (χ4n) is 2.69. The van der Waals surface area contributed by atoms with Crippen LogP contribution in [0.1, 0.15) is 45.6 Å². The highest BCUT2D eigenvalue weighted by Gasteiger charge is 2.16. The normalized spacial score (nSPS) is 22.0. The first-order chi connectivity index (χ1) is 8.95. The average Bonchev–Trinajstić information content (AvgIpc) is 2.54. The van der Waals surface area contributed by atoms with Gasteiger partial charge in [-0.05, 0) is 62.5 Å². The lowest BCUT2D eigenvalue weighted by Crippen LogP contribution is -2.23. The van der Waals surface area contributed by atoms with E-state index in [2.05, 4.69) is 62.3 Å². The molecular weight excluding hydrogens is 232 g/mol. The standard InChI is InChI=1S/C17H28N2/c1-17(2,3)14-7-9-16(10-8-14)18-15-6-5-12-19(4)13-11-15/h7-10,15,18H,5-6,11-13H2,1-4H3. The minimum Gasteiger partial charge on any atom is -0.382 e. The number of benzene rings is 1. The molecule has 1 saturated heterocycles. The van der Waals surface area contributed by atoms with Crippen molar-refractivity contribution in [1.82, 2.24) is 4.90 Å². The van der Waals surface area contributed by atoms with Crippen LogP contribution in [0.4, 0.5) is 5.69 Å². The highest BCUT2D eigenvalue weighted by atomic mass is 15.1. The molecule has 0 bridgehead atoms. The molecule has 0 saturated carbocycles. The summed E-state index contributed by atoms with van der Waals surface area (Å²) in [6.07, 6.45) is 3.83. The highest BCUT2D eigenvalue weighted by molar-refractivity contribution is 5.46. The van der Waals surface area contributed by atoms with Crippen LogP contribution in [0.5, 0.6) is 0 Å². The number of rotatable bonds is 2. The van der Waals surface area contributed by atoms with Crippen molar-refractivity contribution in [3.8, 4) is 0 Å². The lowest BCUT2D eigenvalue weighted by molar-refractivity contribution is 0.348. The SMILES string of the molecule is CN1CCCC(Nc2ccc(C(C)(C)C)cc2)CC1. The van der Waals surface area contributed by atoms with Gasteiger partial charge < -0.3 is 10.2 Å². The predicted molar refractivity (Wildman–Crippen MR) is 83.9 cm³/mol. The summed E-state index contributed by atoms with van der Waals surface area (Å²) < 4.78 is 0. The molecule has 0 radical (unpaired) electrons. The molecule has 1 aliphatic heterocycles. The summed E-state index contributed by atoms with van der Waals surface area (Å²) in [6.45, 7) is 9.22. The summed E-state index contributed by atoms with van der Waals surface area (Å²) in [5, 5.41) is 3.69. The van der Waals surface area contributed by atoms with Gasteiger partial charge in [0.25, 0.3) is 0 Å². The zero-order chi connectivity index (χ0) is 13.9. The third-order valence-corrected chi connectivity index (χ3v) is 4.07. The lowest BCUT2D eigenvalue weighted by Gasteiger charge is -2.21. The van der Waals surface area contributed by atoms with E-state index in [1.807, 2.05) is 0 Å². The van der Waals surface area contributed by atoms with Gasteiger partial charge in [-0.25, -0.2) is 0 Å². The molecule has 1 atom stereocenters. The maximum Gasteiger partial charge on any atom is 0.0342 e. The molecule has 2 rings (SSSR count). The van der Waals surface area contributed by atoms with Gasteiger partial charge >= 0.3 is 0 Å². The number of hydrogen-bond acceptors (Lipinski definition) is 2. The van der Waals surface area contributed by atoms with Crippen molar-refractivity contribution in [2.45, 2.75) is 51.5 Å². The van der Waals surface area contributed by atoms with E-state index in [-0.39, 0.29) is 5.41 Å².